The van der Waals surface area contributed by atoms with Gasteiger partial charge < -0.3 is 10.5 Å². The molecular weight excluding hydrogens is 230 g/mol. The van der Waals surface area contributed by atoms with Crippen molar-refractivity contribution in [3.8, 4) is 6.07 Å². The maximum atomic E-state index is 11.3. The first-order valence-electron chi connectivity index (χ1n) is 5.81. The largest absolute Gasteiger partial charge is 0.378 e. The van der Waals surface area contributed by atoms with Gasteiger partial charge in [-0.25, -0.2) is 0 Å². The van der Waals surface area contributed by atoms with Crippen molar-refractivity contribution in [1.29, 1.82) is 5.26 Å². The Morgan fingerprint density at radius 1 is 1.56 bits per heavy atom. The van der Waals surface area contributed by atoms with E-state index in [9.17, 15) is 4.79 Å². The van der Waals surface area contributed by atoms with Crippen molar-refractivity contribution in [3.63, 3.8) is 0 Å². The van der Waals surface area contributed by atoms with Gasteiger partial charge in [0, 0.05) is 13.1 Å². The summed E-state index contributed by atoms with van der Waals surface area (Å²) in [5.74, 6) is -0.385. The number of morpholine rings is 1. The van der Waals surface area contributed by atoms with Crippen LogP contribution in [0.1, 0.15) is 11.1 Å². The second-order valence-electron chi connectivity index (χ2n) is 4.23. The average Bonchev–Trinajstić information content (AvgIpc) is 2.40. The Balaban J connectivity index is 2.16. The van der Waals surface area contributed by atoms with E-state index in [-0.39, 0.29) is 5.91 Å². The fraction of sp³-hybridized carbons (Fsp3) is 0.385. The first kappa shape index (κ1) is 12.6. The van der Waals surface area contributed by atoms with Crippen molar-refractivity contribution < 1.29 is 9.53 Å². The minimum absolute atomic E-state index is 0.323. The SMILES string of the molecule is N#Cc1ccccc1CN1CCOCC1C(N)=O. The van der Waals surface area contributed by atoms with E-state index in [1.807, 2.05) is 23.1 Å². The van der Waals surface area contributed by atoms with Gasteiger partial charge in [-0.05, 0) is 11.6 Å². The van der Waals surface area contributed by atoms with E-state index in [2.05, 4.69) is 6.07 Å². The van der Waals surface area contributed by atoms with Crippen LogP contribution in [0.3, 0.4) is 0 Å². The Bertz CT molecular complexity index is 481. The summed E-state index contributed by atoms with van der Waals surface area (Å²) in [5.41, 5.74) is 6.90. The maximum absolute atomic E-state index is 11.3. The van der Waals surface area contributed by atoms with Gasteiger partial charge >= 0.3 is 0 Å². The Morgan fingerprint density at radius 3 is 3.06 bits per heavy atom. The smallest absolute Gasteiger partial charge is 0.237 e. The molecule has 2 rings (SSSR count). The summed E-state index contributed by atoms with van der Waals surface area (Å²) in [6.07, 6.45) is 0. The lowest BCUT2D eigenvalue weighted by atomic mass is 10.1. The number of amides is 1. The summed E-state index contributed by atoms with van der Waals surface area (Å²) in [5, 5.41) is 9.04. The van der Waals surface area contributed by atoms with E-state index in [1.54, 1.807) is 6.07 Å². The number of rotatable bonds is 3. The standard InChI is InChI=1S/C13H15N3O2/c14-7-10-3-1-2-4-11(10)8-16-5-6-18-9-12(16)13(15)17/h1-4,12H,5-6,8-9H2,(H2,15,17). The number of nitriles is 1. The Labute approximate surface area is 106 Å². The Hall–Kier alpha value is -1.90. The lowest BCUT2D eigenvalue weighted by Gasteiger charge is -2.33. The first-order chi connectivity index (χ1) is 8.72. The zero-order chi connectivity index (χ0) is 13.0. The highest BCUT2D eigenvalue weighted by Gasteiger charge is 2.27. The number of hydrogen-bond acceptors (Lipinski definition) is 4. The second kappa shape index (κ2) is 5.63. The van der Waals surface area contributed by atoms with E-state index in [0.29, 0.717) is 31.9 Å². The minimum atomic E-state index is -0.412. The van der Waals surface area contributed by atoms with Crippen molar-refractivity contribution in [2.45, 2.75) is 12.6 Å². The first-order valence-corrected chi connectivity index (χ1v) is 5.81. The zero-order valence-corrected chi connectivity index (χ0v) is 10.0. The predicted octanol–water partition coefficient (Wildman–Crippen LogP) is 0.244. The van der Waals surface area contributed by atoms with E-state index in [4.69, 9.17) is 15.7 Å². The van der Waals surface area contributed by atoms with E-state index in [1.165, 1.54) is 0 Å². The van der Waals surface area contributed by atoms with Gasteiger partial charge in [-0.2, -0.15) is 5.26 Å². The number of nitrogens with zero attached hydrogens (tertiary/aromatic N) is 2. The summed E-state index contributed by atoms with van der Waals surface area (Å²) in [6, 6.07) is 9.12. The molecule has 1 heterocycles. The number of benzene rings is 1. The average molecular weight is 245 g/mol. The van der Waals surface area contributed by atoms with Crippen molar-refractivity contribution in [2.75, 3.05) is 19.8 Å². The molecule has 1 aromatic carbocycles. The Kier molecular flexibility index (Phi) is 3.92. The molecule has 2 N–H and O–H groups in total. The molecule has 1 aliphatic heterocycles. The molecular formula is C13H15N3O2. The molecule has 0 saturated carbocycles. The van der Waals surface area contributed by atoms with Crippen LogP contribution in [0.15, 0.2) is 24.3 Å². The number of hydrogen-bond donors (Lipinski definition) is 1. The Morgan fingerprint density at radius 2 is 2.33 bits per heavy atom. The molecule has 0 radical (unpaired) electrons. The summed E-state index contributed by atoms with van der Waals surface area (Å²) < 4.78 is 5.26. The van der Waals surface area contributed by atoms with Crippen LogP contribution in [0.5, 0.6) is 0 Å². The third-order valence-electron chi connectivity index (χ3n) is 3.08. The summed E-state index contributed by atoms with van der Waals surface area (Å²) in [6.45, 7) is 2.09. The predicted molar refractivity (Wildman–Crippen MR) is 65.4 cm³/mol. The van der Waals surface area contributed by atoms with Crippen LogP contribution in [0.4, 0.5) is 0 Å². The molecule has 0 spiro atoms. The quantitative estimate of drug-likeness (QED) is 0.827. The van der Waals surface area contributed by atoms with E-state index in [0.717, 1.165) is 5.56 Å². The van der Waals surface area contributed by atoms with Crippen LogP contribution in [0.25, 0.3) is 0 Å². The molecule has 1 unspecified atom stereocenters. The van der Waals surface area contributed by atoms with Gasteiger partial charge in [0.05, 0.1) is 24.8 Å². The van der Waals surface area contributed by atoms with Crippen LogP contribution in [0.2, 0.25) is 0 Å². The van der Waals surface area contributed by atoms with Gasteiger partial charge in [-0.3, -0.25) is 9.69 Å². The molecule has 0 aromatic heterocycles. The molecule has 5 nitrogen and oxygen atoms in total. The molecule has 1 amide bonds. The summed E-state index contributed by atoms with van der Waals surface area (Å²) >= 11 is 0. The maximum Gasteiger partial charge on any atom is 0.237 e. The lowest BCUT2D eigenvalue weighted by Crippen LogP contribution is -2.51. The van der Waals surface area contributed by atoms with E-state index < -0.39 is 6.04 Å². The monoisotopic (exact) mass is 245 g/mol. The highest BCUT2D eigenvalue weighted by atomic mass is 16.5. The number of primary amides is 1. The molecule has 0 bridgehead atoms. The fourth-order valence-electron chi connectivity index (χ4n) is 2.08. The van der Waals surface area contributed by atoms with Crippen molar-refractivity contribution >= 4 is 5.91 Å². The molecule has 5 heteroatoms. The lowest BCUT2D eigenvalue weighted by molar-refractivity contribution is -0.129. The molecule has 1 fully saturated rings. The van der Waals surface area contributed by atoms with Crippen LogP contribution in [-0.4, -0.2) is 36.6 Å². The van der Waals surface area contributed by atoms with Crippen LogP contribution >= 0.6 is 0 Å². The highest BCUT2D eigenvalue weighted by molar-refractivity contribution is 5.80. The van der Waals surface area contributed by atoms with Crippen molar-refractivity contribution in [2.24, 2.45) is 5.73 Å². The van der Waals surface area contributed by atoms with Gasteiger partial charge in [0.25, 0.3) is 0 Å². The molecule has 1 saturated heterocycles. The second-order valence-corrected chi connectivity index (χ2v) is 4.23. The van der Waals surface area contributed by atoms with Gasteiger partial charge in [0.1, 0.15) is 6.04 Å². The fourth-order valence-corrected chi connectivity index (χ4v) is 2.08. The molecule has 1 aromatic rings. The number of nitrogens with two attached hydrogens (primary N) is 1. The van der Waals surface area contributed by atoms with Crippen LogP contribution < -0.4 is 5.73 Å². The highest BCUT2D eigenvalue weighted by Crippen LogP contribution is 2.15. The van der Waals surface area contributed by atoms with Crippen LogP contribution in [-0.2, 0) is 16.1 Å². The van der Waals surface area contributed by atoms with Crippen molar-refractivity contribution in [3.05, 3.63) is 35.4 Å². The summed E-state index contributed by atoms with van der Waals surface area (Å²) in [7, 11) is 0. The zero-order valence-electron chi connectivity index (χ0n) is 10.0. The summed E-state index contributed by atoms with van der Waals surface area (Å²) in [4.78, 5) is 13.3. The number of carbonyl (C=O) groups is 1. The number of ether oxygens (including phenoxy) is 1. The normalized spacial score (nSPS) is 20.3. The van der Waals surface area contributed by atoms with Crippen LogP contribution in [0, 0.1) is 11.3 Å². The molecule has 94 valence electrons. The van der Waals surface area contributed by atoms with E-state index >= 15 is 0 Å². The van der Waals surface area contributed by atoms with Gasteiger partial charge in [-0.1, -0.05) is 18.2 Å². The minimum Gasteiger partial charge on any atom is -0.378 e. The third kappa shape index (κ3) is 2.67. The molecule has 0 aliphatic carbocycles. The van der Waals surface area contributed by atoms with Crippen molar-refractivity contribution in [1.82, 2.24) is 4.90 Å². The number of carbonyl (C=O) groups excluding carboxylic acids is 1. The van der Waals surface area contributed by atoms with Gasteiger partial charge in [-0.15, -0.1) is 0 Å². The molecule has 18 heavy (non-hydrogen) atoms. The molecule has 1 aliphatic rings. The molecule has 1 atom stereocenters. The van der Waals surface area contributed by atoms with Gasteiger partial charge in [0.2, 0.25) is 5.91 Å². The third-order valence-corrected chi connectivity index (χ3v) is 3.08. The topological polar surface area (TPSA) is 79.3 Å². The van der Waals surface area contributed by atoms with Gasteiger partial charge in [0.15, 0.2) is 0 Å².